The molecule has 35 heavy (non-hydrogen) atoms. The average molecular weight is 509 g/mol. The number of alkyl halides is 2. The second-order valence-corrected chi connectivity index (χ2v) is 10.0. The van der Waals surface area contributed by atoms with Crippen LogP contribution >= 0.6 is 11.8 Å². The van der Waals surface area contributed by atoms with Crippen LogP contribution in [-0.2, 0) is 17.6 Å². The summed E-state index contributed by atoms with van der Waals surface area (Å²) in [4.78, 5) is 25.4. The molecular weight excluding hydrogens is 474 g/mol. The number of carbonyl (C=O) groups excluding carboxylic acids is 2. The van der Waals surface area contributed by atoms with E-state index < -0.39 is 12.5 Å². The fourth-order valence-electron chi connectivity index (χ4n) is 4.20. The molecule has 0 aliphatic carbocycles. The van der Waals surface area contributed by atoms with E-state index in [0.717, 1.165) is 25.3 Å². The number of carbonyl (C=O) groups is 2. The Hall–Kier alpha value is -2.62. The third-order valence-electron chi connectivity index (χ3n) is 5.81. The van der Waals surface area contributed by atoms with Gasteiger partial charge in [0.15, 0.2) is 6.61 Å². The van der Waals surface area contributed by atoms with E-state index in [1.807, 2.05) is 19.2 Å². The van der Waals surface area contributed by atoms with Crippen molar-refractivity contribution in [3.8, 4) is 5.75 Å². The number of anilines is 1. The number of rotatable bonds is 12. The minimum Gasteiger partial charge on any atom is -0.487 e. The predicted molar refractivity (Wildman–Crippen MR) is 135 cm³/mol. The molecule has 0 saturated heterocycles. The number of thioether (sulfide) groups is 1. The molecule has 0 fully saturated rings. The Labute approximate surface area is 209 Å². The number of ether oxygens (including phenoxy) is 1. The summed E-state index contributed by atoms with van der Waals surface area (Å²) in [6.07, 6.45) is 5.53. The molecule has 2 aromatic rings. The second kappa shape index (κ2) is 11.9. The summed E-state index contributed by atoms with van der Waals surface area (Å²) in [7, 11) is 0. The van der Waals surface area contributed by atoms with E-state index in [2.05, 4.69) is 17.6 Å². The Kier molecular flexibility index (Phi) is 9.15. The maximum absolute atomic E-state index is 13.1. The van der Waals surface area contributed by atoms with Gasteiger partial charge in [-0.25, -0.2) is 13.5 Å². The van der Waals surface area contributed by atoms with E-state index in [0.29, 0.717) is 47.8 Å². The standard InChI is InChI=1S/C25H34F2N4O3S/c1-5-7-16(2)31-23(29-21(32)14-35-4)22-20(30-31)13-18(28-24(22)33)11-10-17-8-6-9-19(12-17)34-15-25(3,26)27/h6,8-9,12,16,18H,5,7,10-11,13-15H2,1-4H3,(H,28,33)(H,29,32)/t16?,18-/m0/s1. The van der Waals surface area contributed by atoms with Crippen molar-refractivity contribution in [3.05, 3.63) is 41.1 Å². The topological polar surface area (TPSA) is 85.2 Å². The van der Waals surface area contributed by atoms with Crippen molar-refractivity contribution in [1.29, 1.82) is 0 Å². The highest BCUT2D eigenvalue weighted by atomic mass is 32.2. The molecule has 0 saturated carbocycles. The van der Waals surface area contributed by atoms with Gasteiger partial charge in [-0.3, -0.25) is 9.59 Å². The fourth-order valence-corrected chi connectivity index (χ4v) is 4.53. The maximum Gasteiger partial charge on any atom is 0.278 e. The Morgan fingerprint density at radius 1 is 1.43 bits per heavy atom. The SMILES string of the molecule is CCCC(C)n1nc2c(c1NC(=O)CSC)C(=O)N[C@@H](CCc1cccc(OCC(C)(F)F)c1)C2. The van der Waals surface area contributed by atoms with Gasteiger partial charge in [0.1, 0.15) is 17.1 Å². The van der Waals surface area contributed by atoms with Crippen LogP contribution in [-0.4, -0.2) is 52.2 Å². The van der Waals surface area contributed by atoms with E-state index in [1.54, 1.807) is 22.9 Å². The minimum atomic E-state index is -2.90. The van der Waals surface area contributed by atoms with Crippen molar-refractivity contribution < 1.29 is 23.1 Å². The maximum atomic E-state index is 13.1. The van der Waals surface area contributed by atoms with Crippen LogP contribution in [0.3, 0.4) is 0 Å². The van der Waals surface area contributed by atoms with Crippen LogP contribution in [0.5, 0.6) is 5.75 Å². The summed E-state index contributed by atoms with van der Waals surface area (Å²) in [5.41, 5.74) is 2.06. The van der Waals surface area contributed by atoms with E-state index in [-0.39, 0.29) is 23.9 Å². The van der Waals surface area contributed by atoms with Crippen LogP contribution in [0.25, 0.3) is 0 Å². The van der Waals surface area contributed by atoms with Crippen molar-refractivity contribution >= 4 is 29.4 Å². The second-order valence-electron chi connectivity index (χ2n) is 9.15. The summed E-state index contributed by atoms with van der Waals surface area (Å²) in [6.45, 7) is 4.27. The monoisotopic (exact) mass is 508 g/mol. The molecule has 1 aliphatic heterocycles. The van der Waals surface area contributed by atoms with Gasteiger partial charge in [0.2, 0.25) is 5.91 Å². The van der Waals surface area contributed by atoms with Crippen LogP contribution in [0.15, 0.2) is 24.3 Å². The number of fused-ring (bicyclic) bond motifs is 1. The molecular formula is C25H34F2N4O3S. The summed E-state index contributed by atoms with van der Waals surface area (Å²) in [5, 5.41) is 10.7. The van der Waals surface area contributed by atoms with Gasteiger partial charge in [-0.2, -0.15) is 16.9 Å². The minimum absolute atomic E-state index is 0.0414. The molecule has 1 aromatic carbocycles. The number of nitrogens with one attached hydrogen (secondary N) is 2. The van der Waals surface area contributed by atoms with Crippen molar-refractivity contribution in [2.45, 2.75) is 70.9 Å². The zero-order valence-corrected chi connectivity index (χ0v) is 21.5. The van der Waals surface area contributed by atoms with Crippen molar-refractivity contribution in [1.82, 2.24) is 15.1 Å². The molecule has 1 aliphatic rings. The Morgan fingerprint density at radius 3 is 2.89 bits per heavy atom. The third-order valence-corrected chi connectivity index (χ3v) is 6.37. The van der Waals surface area contributed by atoms with Crippen molar-refractivity contribution in [2.24, 2.45) is 0 Å². The highest BCUT2D eigenvalue weighted by Gasteiger charge is 2.33. The highest BCUT2D eigenvalue weighted by Crippen LogP contribution is 2.30. The lowest BCUT2D eigenvalue weighted by Crippen LogP contribution is -2.41. The number of hydrogen-bond acceptors (Lipinski definition) is 5. The summed E-state index contributed by atoms with van der Waals surface area (Å²) < 4.78 is 33.2. The number of aryl methyl sites for hydroxylation is 1. The Balaban J connectivity index is 1.72. The van der Waals surface area contributed by atoms with Crippen LogP contribution in [0, 0.1) is 0 Å². The van der Waals surface area contributed by atoms with Gasteiger partial charge in [-0.15, -0.1) is 0 Å². The fraction of sp³-hybridized carbons (Fsp3) is 0.560. The number of nitrogens with zero attached hydrogens (tertiary/aromatic N) is 2. The average Bonchev–Trinajstić information content (AvgIpc) is 3.15. The quantitative estimate of drug-likeness (QED) is 0.427. The smallest absolute Gasteiger partial charge is 0.278 e. The highest BCUT2D eigenvalue weighted by molar-refractivity contribution is 7.99. The summed E-state index contributed by atoms with van der Waals surface area (Å²) >= 11 is 1.42. The van der Waals surface area contributed by atoms with Crippen LogP contribution in [0.4, 0.5) is 14.6 Å². The van der Waals surface area contributed by atoms with Crippen molar-refractivity contribution in [3.63, 3.8) is 0 Å². The first-order valence-corrected chi connectivity index (χ1v) is 13.3. The van der Waals surface area contributed by atoms with E-state index >= 15 is 0 Å². The number of hydrogen-bond donors (Lipinski definition) is 2. The molecule has 3 rings (SSSR count). The molecule has 2 heterocycles. The largest absolute Gasteiger partial charge is 0.487 e. The first-order valence-electron chi connectivity index (χ1n) is 11.9. The van der Waals surface area contributed by atoms with Gasteiger partial charge in [0, 0.05) is 19.4 Å². The summed E-state index contributed by atoms with van der Waals surface area (Å²) in [6, 6.07) is 7.01. The molecule has 1 aromatic heterocycles. The normalized spacial score (nSPS) is 16.4. The van der Waals surface area contributed by atoms with Crippen LogP contribution < -0.4 is 15.4 Å². The zero-order chi connectivity index (χ0) is 25.6. The molecule has 2 amide bonds. The van der Waals surface area contributed by atoms with E-state index in [1.165, 1.54) is 11.8 Å². The molecule has 1 unspecified atom stereocenters. The first-order chi connectivity index (χ1) is 16.6. The van der Waals surface area contributed by atoms with Gasteiger partial charge in [-0.1, -0.05) is 25.5 Å². The zero-order valence-electron chi connectivity index (χ0n) is 20.7. The molecule has 192 valence electrons. The Morgan fingerprint density at radius 2 is 2.20 bits per heavy atom. The van der Waals surface area contributed by atoms with Gasteiger partial charge in [0.25, 0.3) is 11.8 Å². The lowest BCUT2D eigenvalue weighted by molar-refractivity contribution is -0.113. The van der Waals surface area contributed by atoms with Gasteiger partial charge < -0.3 is 15.4 Å². The number of aromatic nitrogens is 2. The molecule has 10 heteroatoms. The first kappa shape index (κ1) is 27.0. The van der Waals surface area contributed by atoms with Crippen LogP contribution in [0.2, 0.25) is 0 Å². The van der Waals surface area contributed by atoms with Gasteiger partial charge >= 0.3 is 0 Å². The van der Waals surface area contributed by atoms with Gasteiger partial charge in [0.05, 0.1) is 17.5 Å². The lowest BCUT2D eigenvalue weighted by Gasteiger charge is -2.23. The van der Waals surface area contributed by atoms with Crippen LogP contribution in [0.1, 0.15) is 67.7 Å². The molecule has 2 atom stereocenters. The molecule has 0 bridgehead atoms. The van der Waals surface area contributed by atoms with Gasteiger partial charge in [-0.05, 0) is 50.1 Å². The van der Waals surface area contributed by atoms with E-state index in [4.69, 9.17) is 9.84 Å². The molecule has 2 N–H and O–H groups in total. The van der Waals surface area contributed by atoms with Crippen molar-refractivity contribution in [2.75, 3.05) is 23.9 Å². The molecule has 0 spiro atoms. The number of benzene rings is 1. The Bertz CT molecular complexity index is 1040. The molecule has 7 nitrogen and oxygen atoms in total. The number of amides is 2. The van der Waals surface area contributed by atoms with E-state index in [9.17, 15) is 18.4 Å². The lowest BCUT2D eigenvalue weighted by atomic mass is 9.96. The number of halogens is 2. The molecule has 0 radical (unpaired) electrons. The summed E-state index contributed by atoms with van der Waals surface area (Å²) in [5.74, 6) is -2.14. The third kappa shape index (κ3) is 7.43. The predicted octanol–water partition coefficient (Wildman–Crippen LogP) is 4.87.